The number of carbonyl (C=O) groups is 1. The minimum absolute atomic E-state index is 0.329. The predicted octanol–water partition coefficient (Wildman–Crippen LogP) is 0.223. The lowest BCUT2D eigenvalue weighted by molar-refractivity contribution is 0.0796. The van der Waals surface area contributed by atoms with Crippen LogP contribution in [0.15, 0.2) is 18.2 Å². The highest BCUT2D eigenvalue weighted by Gasteiger charge is 2.12. The topological polar surface area (TPSA) is 81.6 Å². The highest BCUT2D eigenvalue weighted by molar-refractivity contribution is 5.98. The van der Waals surface area contributed by atoms with Gasteiger partial charge in [-0.3, -0.25) is 9.80 Å². The molecule has 0 aliphatic carbocycles. The molecule has 4 N–H and O–H groups in total. The second kappa shape index (κ2) is 3.97. The standard InChI is InChI=1S/C9H13N3O2/c1-12(11)9(13)7-4-3-6(14-2)5-8(7)10/h3-5H,10-11H2,1-2H3. The number of hydrogen-bond acceptors (Lipinski definition) is 4. The molecule has 1 amide bonds. The molecule has 1 rings (SSSR count). The van der Waals surface area contributed by atoms with E-state index in [4.69, 9.17) is 16.3 Å². The average molecular weight is 195 g/mol. The van der Waals surface area contributed by atoms with E-state index in [0.717, 1.165) is 5.01 Å². The summed E-state index contributed by atoms with van der Waals surface area (Å²) >= 11 is 0. The molecular weight excluding hydrogens is 182 g/mol. The van der Waals surface area contributed by atoms with Crippen molar-refractivity contribution in [1.29, 1.82) is 0 Å². The third-order valence-electron chi connectivity index (χ3n) is 1.81. The van der Waals surface area contributed by atoms with Gasteiger partial charge in [0.1, 0.15) is 5.75 Å². The van der Waals surface area contributed by atoms with Crippen molar-refractivity contribution < 1.29 is 9.53 Å². The van der Waals surface area contributed by atoms with Gasteiger partial charge in [-0.05, 0) is 12.1 Å². The average Bonchev–Trinajstić information content (AvgIpc) is 2.16. The molecule has 0 unspecified atom stereocenters. The summed E-state index contributed by atoms with van der Waals surface area (Å²) in [6.45, 7) is 0. The molecule has 14 heavy (non-hydrogen) atoms. The van der Waals surface area contributed by atoms with Gasteiger partial charge < -0.3 is 10.5 Å². The predicted molar refractivity (Wildman–Crippen MR) is 53.7 cm³/mol. The molecule has 0 spiro atoms. The minimum Gasteiger partial charge on any atom is -0.497 e. The van der Waals surface area contributed by atoms with Gasteiger partial charge in [-0.25, -0.2) is 5.84 Å². The summed E-state index contributed by atoms with van der Waals surface area (Å²) in [7, 11) is 3.00. The summed E-state index contributed by atoms with van der Waals surface area (Å²) in [5.74, 6) is 5.59. The highest BCUT2D eigenvalue weighted by atomic mass is 16.5. The van der Waals surface area contributed by atoms with Crippen LogP contribution in [0.3, 0.4) is 0 Å². The molecule has 0 fully saturated rings. The van der Waals surface area contributed by atoms with Crippen molar-refractivity contribution in [3.63, 3.8) is 0 Å². The van der Waals surface area contributed by atoms with E-state index in [-0.39, 0.29) is 5.91 Å². The number of carbonyl (C=O) groups excluding carboxylic acids is 1. The van der Waals surface area contributed by atoms with Gasteiger partial charge in [0.05, 0.1) is 12.7 Å². The fourth-order valence-corrected chi connectivity index (χ4v) is 1.05. The van der Waals surface area contributed by atoms with Crippen molar-refractivity contribution in [2.75, 3.05) is 19.9 Å². The summed E-state index contributed by atoms with van der Waals surface area (Å²) in [6, 6.07) is 4.82. The van der Waals surface area contributed by atoms with Crippen LogP contribution >= 0.6 is 0 Å². The number of nitrogens with two attached hydrogens (primary N) is 2. The zero-order valence-electron chi connectivity index (χ0n) is 8.15. The number of ether oxygens (including phenoxy) is 1. The SMILES string of the molecule is COc1ccc(C(=O)N(C)N)c(N)c1. The van der Waals surface area contributed by atoms with E-state index in [9.17, 15) is 4.79 Å². The highest BCUT2D eigenvalue weighted by Crippen LogP contribution is 2.19. The van der Waals surface area contributed by atoms with E-state index in [1.165, 1.54) is 14.2 Å². The molecule has 0 heterocycles. The molecule has 0 atom stereocenters. The Kier molecular flexibility index (Phi) is 2.93. The van der Waals surface area contributed by atoms with E-state index < -0.39 is 0 Å². The quantitative estimate of drug-likeness (QED) is 0.306. The third kappa shape index (κ3) is 1.94. The molecule has 5 nitrogen and oxygen atoms in total. The summed E-state index contributed by atoms with van der Waals surface area (Å²) in [5, 5.41) is 0.984. The van der Waals surface area contributed by atoms with E-state index in [1.54, 1.807) is 18.2 Å². The Hall–Kier alpha value is -1.75. The van der Waals surface area contributed by atoms with E-state index >= 15 is 0 Å². The van der Waals surface area contributed by atoms with Crippen molar-refractivity contribution in [3.8, 4) is 5.75 Å². The van der Waals surface area contributed by atoms with Crippen molar-refractivity contribution in [1.82, 2.24) is 5.01 Å². The van der Waals surface area contributed by atoms with Crippen LogP contribution in [-0.4, -0.2) is 25.1 Å². The van der Waals surface area contributed by atoms with Crippen LogP contribution in [0.2, 0.25) is 0 Å². The van der Waals surface area contributed by atoms with Crippen molar-refractivity contribution in [2.45, 2.75) is 0 Å². The number of anilines is 1. The first-order chi connectivity index (χ1) is 6.56. The Labute approximate surface area is 82.2 Å². The van der Waals surface area contributed by atoms with Crippen molar-refractivity contribution in [3.05, 3.63) is 23.8 Å². The van der Waals surface area contributed by atoms with E-state index in [0.29, 0.717) is 17.0 Å². The van der Waals surface area contributed by atoms with Crippen molar-refractivity contribution >= 4 is 11.6 Å². The number of benzene rings is 1. The molecular formula is C9H13N3O2. The molecule has 0 aliphatic rings. The fourth-order valence-electron chi connectivity index (χ4n) is 1.05. The first-order valence-corrected chi connectivity index (χ1v) is 4.02. The van der Waals surface area contributed by atoms with Gasteiger partial charge in [0.2, 0.25) is 0 Å². The van der Waals surface area contributed by atoms with E-state index in [2.05, 4.69) is 0 Å². The second-order valence-electron chi connectivity index (χ2n) is 2.87. The number of rotatable bonds is 2. The Morgan fingerprint density at radius 2 is 2.14 bits per heavy atom. The van der Waals surface area contributed by atoms with Crippen LogP contribution in [0.5, 0.6) is 5.75 Å². The Balaban J connectivity index is 3.06. The van der Waals surface area contributed by atoms with Gasteiger partial charge in [-0.2, -0.15) is 0 Å². The summed E-state index contributed by atoms with van der Waals surface area (Å²) in [4.78, 5) is 11.4. The summed E-state index contributed by atoms with van der Waals surface area (Å²) < 4.78 is 4.95. The van der Waals surface area contributed by atoms with E-state index in [1.807, 2.05) is 0 Å². The maximum Gasteiger partial charge on any atom is 0.269 e. The zero-order chi connectivity index (χ0) is 10.7. The summed E-state index contributed by atoms with van der Waals surface area (Å²) in [5.41, 5.74) is 6.38. The first kappa shape index (κ1) is 10.3. The Morgan fingerprint density at radius 3 is 2.57 bits per heavy atom. The molecule has 0 saturated carbocycles. The molecule has 0 radical (unpaired) electrons. The van der Waals surface area contributed by atoms with Crippen molar-refractivity contribution in [2.24, 2.45) is 5.84 Å². The number of methoxy groups -OCH3 is 1. The Morgan fingerprint density at radius 1 is 1.50 bits per heavy atom. The van der Waals surface area contributed by atoms with Gasteiger partial charge in [0.15, 0.2) is 0 Å². The normalized spacial score (nSPS) is 9.64. The lowest BCUT2D eigenvalue weighted by Gasteiger charge is -2.12. The van der Waals surface area contributed by atoms with Crippen LogP contribution in [0, 0.1) is 0 Å². The van der Waals surface area contributed by atoms with Crippen LogP contribution in [0.25, 0.3) is 0 Å². The molecule has 0 aromatic heterocycles. The minimum atomic E-state index is -0.329. The third-order valence-corrected chi connectivity index (χ3v) is 1.81. The van der Waals surface area contributed by atoms with Crippen LogP contribution in [-0.2, 0) is 0 Å². The van der Waals surface area contributed by atoms with Gasteiger partial charge >= 0.3 is 0 Å². The van der Waals surface area contributed by atoms with Crippen LogP contribution in [0.1, 0.15) is 10.4 Å². The van der Waals surface area contributed by atoms with Gasteiger partial charge in [0, 0.05) is 18.8 Å². The molecule has 1 aromatic carbocycles. The van der Waals surface area contributed by atoms with Crippen LogP contribution < -0.4 is 16.3 Å². The lowest BCUT2D eigenvalue weighted by Crippen LogP contribution is -2.33. The number of nitrogens with zero attached hydrogens (tertiary/aromatic N) is 1. The maximum atomic E-state index is 11.4. The van der Waals surface area contributed by atoms with Gasteiger partial charge in [-0.15, -0.1) is 0 Å². The molecule has 76 valence electrons. The monoisotopic (exact) mass is 195 g/mol. The molecule has 5 heteroatoms. The fraction of sp³-hybridized carbons (Fsp3) is 0.222. The number of nitrogen functional groups attached to an aromatic ring is 1. The number of hydrogen-bond donors (Lipinski definition) is 2. The number of hydrazine groups is 1. The smallest absolute Gasteiger partial charge is 0.269 e. The summed E-state index contributed by atoms with van der Waals surface area (Å²) in [6.07, 6.45) is 0. The van der Waals surface area contributed by atoms with Gasteiger partial charge in [0.25, 0.3) is 5.91 Å². The molecule has 0 aliphatic heterocycles. The maximum absolute atomic E-state index is 11.4. The van der Waals surface area contributed by atoms with Gasteiger partial charge in [-0.1, -0.05) is 0 Å². The second-order valence-corrected chi connectivity index (χ2v) is 2.87. The molecule has 0 bridgehead atoms. The lowest BCUT2D eigenvalue weighted by atomic mass is 10.1. The molecule has 1 aromatic rings. The first-order valence-electron chi connectivity index (χ1n) is 4.02. The molecule has 0 saturated heterocycles. The Bertz CT molecular complexity index is 350. The largest absolute Gasteiger partial charge is 0.497 e. The number of amides is 1. The zero-order valence-corrected chi connectivity index (χ0v) is 8.15. The van der Waals surface area contributed by atoms with Crippen LogP contribution in [0.4, 0.5) is 5.69 Å².